The van der Waals surface area contributed by atoms with Gasteiger partial charge in [0.1, 0.15) is 5.82 Å². The van der Waals surface area contributed by atoms with Crippen molar-refractivity contribution in [1.29, 1.82) is 0 Å². The van der Waals surface area contributed by atoms with Crippen LogP contribution in [0.4, 0.5) is 4.39 Å². The third-order valence-corrected chi connectivity index (χ3v) is 5.04. The first-order chi connectivity index (χ1) is 7.89. The van der Waals surface area contributed by atoms with Crippen LogP contribution in [0.5, 0.6) is 0 Å². The maximum Gasteiger partial charge on any atom is 0.152 e. The van der Waals surface area contributed by atoms with E-state index in [4.69, 9.17) is 0 Å². The Bertz CT molecular complexity index is 498. The fourth-order valence-electron chi connectivity index (χ4n) is 2.07. The average molecular weight is 257 g/mol. The van der Waals surface area contributed by atoms with Crippen molar-refractivity contribution >= 4 is 9.84 Å². The molecule has 0 amide bonds. The lowest BCUT2D eigenvalue weighted by molar-refractivity contribution is 0.395. The van der Waals surface area contributed by atoms with Crippen molar-refractivity contribution in [1.82, 2.24) is 5.32 Å². The maximum atomic E-state index is 12.7. The molecule has 94 valence electrons. The van der Waals surface area contributed by atoms with Crippen LogP contribution < -0.4 is 5.32 Å². The summed E-state index contributed by atoms with van der Waals surface area (Å²) >= 11 is 0. The van der Waals surface area contributed by atoms with Gasteiger partial charge in [0, 0.05) is 12.1 Å². The molecule has 17 heavy (non-hydrogen) atoms. The Hall–Kier alpha value is -0.940. The molecular formula is C12H16FNO2S. The van der Waals surface area contributed by atoms with E-state index in [-0.39, 0.29) is 22.9 Å². The molecule has 1 saturated heterocycles. The van der Waals surface area contributed by atoms with Crippen LogP contribution in [0, 0.1) is 5.82 Å². The third-order valence-electron chi connectivity index (χ3n) is 3.14. The average Bonchev–Trinajstić information content (AvgIpc) is 2.53. The van der Waals surface area contributed by atoms with Crippen molar-refractivity contribution in [2.45, 2.75) is 25.4 Å². The van der Waals surface area contributed by atoms with Gasteiger partial charge in [-0.2, -0.15) is 0 Å². The third kappa shape index (κ3) is 3.26. The van der Waals surface area contributed by atoms with Gasteiger partial charge in [0.05, 0.1) is 11.5 Å². The van der Waals surface area contributed by atoms with Crippen LogP contribution in [0.2, 0.25) is 0 Å². The first-order valence-electron chi connectivity index (χ1n) is 5.59. The molecule has 1 aliphatic rings. The molecule has 1 aliphatic heterocycles. The van der Waals surface area contributed by atoms with E-state index in [1.165, 1.54) is 12.1 Å². The Morgan fingerprint density at radius 3 is 2.53 bits per heavy atom. The maximum absolute atomic E-state index is 12.7. The second-order valence-corrected chi connectivity index (χ2v) is 7.07. The summed E-state index contributed by atoms with van der Waals surface area (Å²) < 4.78 is 35.5. The van der Waals surface area contributed by atoms with E-state index >= 15 is 0 Å². The molecule has 0 aliphatic carbocycles. The van der Waals surface area contributed by atoms with Gasteiger partial charge in [0.2, 0.25) is 0 Å². The van der Waals surface area contributed by atoms with Gasteiger partial charge in [0.25, 0.3) is 0 Å². The van der Waals surface area contributed by atoms with Gasteiger partial charge < -0.3 is 5.32 Å². The van der Waals surface area contributed by atoms with E-state index in [2.05, 4.69) is 5.32 Å². The summed E-state index contributed by atoms with van der Waals surface area (Å²) in [4.78, 5) is 0. The van der Waals surface area contributed by atoms with Gasteiger partial charge in [-0.3, -0.25) is 0 Å². The quantitative estimate of drug-likeness (QED) is 0.892. The monoisotopic (exact) mass is 257 g/mol. The van der Waals surface area contributed by atoms with E-state index in [1.807, 2.05) is 6.92 Å². The van der Waals surface area contributed by atoms with E-state index in [0.717, 1.165) is 5.56 Å². The van der Waals surface area contributed by atoms with Gasteiger partial charge in [-0.15, -0.1) is 0 Å². The molecule has 0 saturated carbocycles. The Kier molecular flexibility index (Phi) is 3.23. The lowest BCUT2D eigenvalue weighted by Gasteiger charge is -2.24. The van der Waals surface area contributed by atoms with Gasteiger partial charge in [-0.05, 0) is 31.0 Å². The molecule has 1 fully saturated rings. The second-order valence-electron chi connectivity index (χ2n) is 4.88. The minimum Gasteiger partial charge on any atom is -0.306 e. The predicted octanol–water partition coefficient (Wildman–Crippen LogP) is 1.49. The molecule has 1 atom stereocenters. The molecule has 3 nitrogen and oxygen atoms in total. The van der Waals surface area contributed by atoms with Crippen molar-refractivity contribution in [2.24, 2.45) is 0 Å². The molecule has 1 N–H and O–H groups in total. The Labute approximate surface area is 101 Å². The van der Waals surface area contributed by atoms with Crippen LogP contribution in [0.1, 0.15) is 18.9 Å². The van der Waals surface area contributed by atoms with Crippen molar-refractivity contribution in [3.63, 3.8) is 0 Å². The topological polar surface area (TPSA) is 46.2 Å². The number of nitrogens with one attached hydrogen (secondary N) is 1. The highest BCUT2D eigenvalue weighted by atomic mass is 32.2. The summed E-state index contributed by atoms with van der Waals surface area (Å²) in [7, 11) is -2.89. The van der Waals surface area contributed by atoms with Crippen molar-refractivity contribution < 1.29 is 12.8 Å². The normalized spacial score (nSPS) is 27.2. The second kappa shape index (κ2) is 4.38. The minimum atomic E-state index is -2.89. The number of hydrogen-bond acceptors (Lipinski definition) is 3. The molecular weight excluding hydrogens is 241 g/mol. The van der Waals surface area contributed by atoms with E-state index < -0.39 is 9.84 Å². The molecule has 1 heterocycles. The molecule has 0 aromatic heterocycles. The van der Waals surface area contributed by atoms with Crippen LogP contribution >= 0.6 is 0 Å². The van der Waals surface area contributed by atoms with Crippen molar-refractivity contribution in [3.8, 4) is 0 Å². The number of halogens is 1. The Balaban J connectivity index is 1.97. The fourth-order valence-corrected chi connectivity index (χ4v) is 4.19. The first-order valence-corrected chi connectivity index (χ1v) is 7.41. The number of rotatable bonds is 3. The zero-order chi connectivity index (χ0) is 12.5. The smallest absolute Gasteiger partial charge is 0.152 e. The zero-order valence-electron chi connectivity index (χ0n) is 9.74. The fraction of sp³-hybridized carbons (Fsp3) is 0.500. The first kappa shape index (κ1) is 12.5. The van der Waals surface area contributed by atoms with Crippen LogP contribution in [0.15, 0.2) is 24.3 Å². The largest absolute Gasteiger partial charge is 0.306 e. The summed E-state index contributed by atoms with van der Waals surface area (Å²) in [6, 6.07) is 6.22. The van der Waals surface area contributed by atoms with Crippen LogP contribution in [0.25, 0.3) is 0 Å². The molecule has 0 spiro atoms. The van der Waals surface area contributed by atoms with Crippen LogP contribution in [-0.2, 0) is 16.4 Å². The van der Waals surface area contributed by atoms with E-state index in [1.54, 1.807) is 12.1 Å². The van der Waals surface area contributed by atoms with Gasteiger partial charge in [-0.1, -0.05) is 12.1 Å². The van der Waals surface area contributed by atoms with E-state index in [0.29, 0.717) is 13.0 Å². The SMILES string of the molecule is CC1(NCc2ccc(F)cc2)CCS(=O)(=O)C1. The number of benzene rings is 1. The Morgan fingerprint density at radius 1 is 1.35 bits per heavy atom. The zero-order valence-corrected chi connectivity index (χ0v) is 10.6. The summed E-state index contributed by atoms with van der Waals surface area (Å²) in [6.45, 7) is 2.48. The molecule has 1 unspecified atom stereocenters. The predicted molar refractivity (Wildman–Crippen MR) is 64.9 cm³/mol. The van der Waals surface area contributed by atoms with Crippen molar-refractivity contribution in [3.05, 3.63) is 35.6 Å². The van der Waals surface area contributed by atoms with Gasteiger partial charge >= 0.3 is 0 Å². The molecule has 5 heteroatoms. The minimum absolute atomic E-state index is 0.182. The van der Waals surface area contributed by atoms with Crippen molar-refractivity contribution in [2.75, 3.05) is 11.5 Å². The number of hydrogen-bond donors (Lipinski definition) is 1. The highest BCUT2D eigenvalue weighted by Gasteiger charge is 2.37. The molecule has 1 aromatic rings. The summed E-state index contributed by atoms with van der Waals surface area (Å²) in [5.74, 6) is 0.171. The van der Waals surface area contributed by atoms with Crippen LogP contribution in [-0.4, -0.2) is 25.5 Å². The summed E-state index contributed by atoms with van der Waals surface area (Å²) in [5.41, 5.74) is 0.602. The highest BCUT2D eigenvalue weighted by molar-refractivity contribution is 7.91. The standard InChI is InChI=1S/C12H16FNO2S/c1-12(6-7-17(15,16)9-12)14-8-10-2-4-11(13)5-3-10/h2-5,14H,6-9H2,1H3. The molecule has 2 rings (SSSR count). The molecule has 0 bridgehead atoms. The van der Waals surface area contributed by atoms with Gasteiger partial charge in [0.15, 0.2) is 9.84 Å². The van der Waals surface area contributed by atoms with Crippen LogP contribution in [0.3, 0.4) is 0 Å². The highest BCUT2D eigenvalue weighted by Crippen LogP contribution is 2.23. The lowest BCUT2D eigenvalue weighted by Crippen LogP contribution is -2.42. The number of sulfone groups is 1. The summed E-state index contributed by atoms with van der Waals surface area (Å²) in [5, 5.41) is 3.25. The van der Waals surface area contributed by atoms with E-state index in [9.17, 15) is 12.8 Å². The molecule has 0 radical (unpaired) electrons. The molecule has 1 aromatic carbocycles. The Morgan fingerprint density at radius 2 is 2.00 bits per heavy atom. The summed E-state index contributed by atoms with van der Waals surface area (Å²) in [6.07, 6.45) is 0.635. The van der Waals surface area contributed by atoms with Gasteiger partial charge in [-0.25, -0.2) is 12.8 Å². The lowest BCUT2D eigenvalue weighted by atomic mass is 10.0.